The maximum absolute atomic E-state index is 6.10. The average Bonchev–Trinajstić information content (AvgIpc) is 2.41. The number of rotatable bonds is 2. The summed E-state index contributed by atoms with van der Waals surface area (Å²) in [6.07, 6.45) is 2.27. The normalized spacial score (nSPS) is 19.9. The van der Waals surface area contributed by atoms with Crippen molar-refractivity contribution in [1.29, 1.82) is 0 Å². The predicted octanol–water partition coefficient (Wildman–Crippen LogP) is 2.41. The van der Waals surface area contributed by atoms with E-state index in [-0.39, 0.29) is 6.10 Å². The lowest BCUT2D eigenvalue weighted by atomic mass is 10.1. The summed E-state index contributed by atoms with van der Waals surface area (Å²) in [4.78, 5) is 8.72. The van der Waals surface area contributed by atoms with Crippen LogP contribution in [0.2, 0.25) is 5.15 Å². The van der Waals surface area contributed by atoms with E-state index >= 15 is 0 Å². The molecule has 1 aliphatic rings. The van der Waals surface area contributed by atoms with Gasteiger partial charge in [0, 0.05) is 6.54 Å². The van der Waals surface area contributed by atoms with Crippen molar-refractivity contribution >= 4 is 22.6 Å². The van der Waals surface area contributed by atoms with Gasteiger partial charge >= 0.3 is 0 Å². The van der Waals surface area contributed by atoms with Gasteiger partial charge in [0.05, 0.1) is 11.0 Å². The molecule has 3 rings (SSSR count). The van der Waals surface area contributed by atoms with Gasteiger partial charge in [0.2, 0.25) is 0 Å². The summed E-state index contributed by atoms with van der Waals surface area (Å²) in [6.45, 7) is 1.89. The fraction of sp³-hybridized carbons (Fsp3) is 0.385. The van der Waals surface area contributed by atoms with Gasteiger partial charge in [-0.15, -0.1) is 0 Å². The smallest absolute Gasteiger partial charge is 0.253 e. The standard InChI is InChI=1S/C13H14ClN3O/c14-12-13(18-9-4-3-7-15-8-9)17-11-6-2-1-5-10(11)16-12/h1-2,5-6,9,15H,3-4,7-8H2/t9-/m1/s1. The molecule has 0 saturated carbocycles. The van der Waals surface area contributed by atoms with Crippen LogP contribution in [0.3, 0.4) is 0 Å². The highest BCUT2D eigenvalue weighted by molar-refractivity contribution is 6.31. The second-order valence-electron chi connectivity index (χ2n) is 4.39. The number of fused-ring (bicyclic) bond motifs is 1. The Morgan fingerprint density at radius 1 is 1.22 bits per heavy atom. The molecule has 1 atom stereocenters. The van der Waals surface area contributed by atoms with Crippen LogP contribution >= 0.6 is 11.6 Å². The van der Waals surface area contributed by atoms with E-state index in [1.807, 2.05) is 24.3 Å². The summed E-state index contributed by atoms with van der Waals surface area (Å²) in [5, 5.41) is 3.63. The third-order valence-corrected chi connectivity index (χ3v) is 3.27. The number of para-hydroxylation sites is 2. The Morgan fingerprint density at radius 3 is 2.72 bits per heavy atom. The summed E-state index contributed by atoms with van der Waals surface area (Å²) < 4.78 is 5.83. The van der Waals surface area contributed by atoms with E-state index in [4.69, 9.17) is 16.3 Å². The van der Waals surface area contributed by atoms with Crippen LogP contribution in [0, 0.1) is 0 Å². The van der Waals surface area contributed by atoms with Crippen LogP contribution in [0.4, 0.5) is 0 Å². The minimum absolute atomic E-state index is 0.131. The zero-order valence-corrected chi connectivity index (χ0v) is 10.7. The highest BCUT2D eigenvalue weighted by Gasteiger charge is 2.17. The van der Waals surface area contributed by atoms with Crippen molar-refractivity contribution in [2.24, 2.45) is 0 Å². The van der Waals surface area contributed by atoms with E-state index in [0.717, 1.165) is 37.0 Å². The molecule has 94 valence electrons. The zero-order chi connectivity index (χ0) is 12.4. The lowest BCUT2D eigenvalue weighted by molar-refractivity contribution is 0.160. The van der Waals surface area contributed by atoms with Gasteiger partial charge in [0.1, 0.15) is 6.10 Å². The molecule has 0 aliphatic carbocycles. The molecule has 1 aliphatic heterocycles. The first kappa shape index (κ1) is 11.7. The lowest BCUT2D eigenvalue weighted by Crippen LogP contribution is -2.37. The van der Waals surface area contributed by atoms with Gasteiger partial charge in [0.25, 0.3) is 5.88 Å². The molecule has 1 aromatic carbocycles. The predicted molar refractivity (Wildman–Crippen MR) is 71.1 cm³/mol. The fourth-order valence-corrected chi connectivity index (χ4v) is 2.29. The van der Waals surface area contributed by atoms with Gasteiger partial charge < -0.3 is 10.1 Å². The maximum Gasteiger partial charge on any atom is 0.253 e. The van der Waals surface area contributed by atoms with E-state index in [2.05, 4.69) is 15.3 Å². The molecule has 5 heteroatoms. The Hall–Kier alpha value is -1.39. The lowest BCUT2D eigenvalue weighted by Gasteiger charge is -2.23. The Balaban J connectivity index is 1.88. The number of piperidine rings is 1. The molecular weight excluding hydrogens is 250 g/mol. The van der Waals surface area contributed by atoms with Gasteiger partial charge in [-0.1, -0.05) is 23.7 Å². The van der Waals surface area contributed by atoms with E-state index in [0.29, 0.717) is 11.0 Å². The third-order valence-electron chi connectivity index (χ3n) is 3.03. The van der Waals surface area contributed by atoms with Crippen LogP contribution in [-0.2, 0) is 0 Å². The highest BCUT2D eigenvalue weighted by Crippen LogP contribution is 2.24. The van der Waals surface area contributed by atoms with Gasteiger partial charge in [-0.3, -0.25) is 0 Å². The molecule has 0 bridgehead atoms. The number of hydrogen-bond donors (Lipinski definition) is 1. The van der Waals surface area contributed by atoms with Crippen LogP contribution in [-0.4, -0.2) is 29.2 Å². The molecule has 0 amide bonds. The summed E-state index contributed by atoms with van der Waals surface area (Å²) in [6, 6.07) is 7.64. The fourth-order valence-electron chi connectivity index (χ4n) is 2.12. The molecule has 1 aromatic heterocycles. The summed E-state index contributed by atoms with van der Waals surface area (Å²) in [5.74, 6) is 0.434. The van der Waals surface area contributed by atoms with E-state index < -0.39 is 0 Å². The molecule has 1 fully saturated rings. The van der Waals surface area contributed by atoms with E-state index in [1.165, 1.54) is 0 Å². The average molecular weight is 264 g/mol. The Kier molecular flexibility index (Phi) is 3.30. The number of nitrogens with zero attached hydrogens (tertiary/aromatic N) is 2. The van der Waals surface area contributed by atoms with E-state index in [9.17, 15) is 0 Å². The molecule has 1 N–H and O–H groups in total. The third kappa shape index (κ3) is 2.40. The molecule has 18 heavy (non-hydrogen) atoms. The summed E-state index contributed by atoms with van der Waals surface area (Å²) in [5.41, 5.74) is 1.59. The number of halogens is 1. The molecular formula is C13H14ClN3O. The number of nitrogens with one attached hydrogen (secondary N) is 1. The SMILES string of the molecule is Clc1nc2ccccc2nc1O[C@@H]1CCCNC1. The van der Waals surface area contributed by atoms with Gasteiger partial charge in [0.15, 0.2) is 5.15 Å². The number of ether oxygens (including phenoxy) is 1. The highest BCUT2D eigenvalue weighted by atomic mass is 35.5. The minimum atomic E-state index is 0.131. The van der Waals surface area contributed by atoms with Crippen molar-refractivity contribution in [3.63, 3.8) is 0 Å². The number of benzene rings is 1. The molecule has 2 heterocycles. The van der Waals surface area contributed by atoms with Gasteiger partial charge in [-0.25, -0.2) is 9.97 Å². The quantitative estimate of drug-likeness (QED) is 0.904. The second-order valence-corrected chi connectivity index (χ2v) is 4.75. The van der Waals surface area contributed by atoms with Crippen LogP contribution < -0.4 is 10.1 Å². The molecule has 0 spiro atoms. The monoisotopic (exact) mass is 263 g/mol. The summed E-state index contributed by atoms with van der Waals surface area (Å²) >= 11 is 6.10. The molecule has 0 unspecified atom stereocenters. The largest absolute Gasteiger partial charge is 0.471 e. The first-order valence-electron chi connectivity index (χ1n) is 6.12. The Labute approximate surface area is 110 Å². The van der Waals surface area contributed by atoms with Crippen molar-refractivity contribution in [3.05, 3.63) is 29.4 Å². The first-order chi connectivity index (χ1) is 8.83. The Bertz CT molecular complexity index is 555. The number of hydrogen-bond acceptors (Lipinski definition) is 4. The molecule has 2 aromatic rings. The van der Waals surface area contributed by atoms with Crippen molar-refractivity contribution in [3.8, 4) is 5.88 Å². The van der Waals surface area contributed by atoms with Crippen LogP contribution in [0.25, 0.3) is 11.0 Å². The number of aromatic nitrogens is 2. The van der Waals surface area contributed by atoms with Gasteiger partial charge in [-0.2, -0.15) is 0 Å². The maximum atomic E-state index is 6.10. The van der Waals surface area contributed by atoms with Crippen molar-refractivity contribution in [2.75, 3.05) is 13.1 Å². The molecule has 4 nitrogen and oxygen atoms in total. The summed E-state index contributed by atoms with van der Waals surface area (Å²) in [7, 11) is 0. The van der Waals surface area contributed by atoms with Crippen LogP contribution in [0.5, 0.6) is 5.88 Å². The molecule has 0 radical (unpaired) electrons. The van der Waals surface area contributed by atoms with E-state index in [1.54, 1.807) is 0 Å². The first-order valence-corrected chi connectivity index (χ1v) is 6.50. The zero-order valence-electron chi connectivity index (χ0n) is 9.90. The molecule has 1 saturated heterocycles. The second kappa shape index (κ2) is 5.08. The minimum Gasteiger partial charge on any atom is -0.471 e. The van der Waals surface area contributed by atoms with Crippen molar-refractivity contribution < 1.29 is 4.74 Å². The topological polar surface area (TPSA) is 47.0 Å². The van der Waals surface area contributed by atoms with Crippen LogP contribution in [0.1, 0.15) is 12.8 Å². The van der Waals surface area contributed by atoms with Crippen molar-refractivity contribution in [2.45, 2.75) is 18.9 Å². The van der Waals surface area contributed by atoms with Crippen molar-refractivity contribution in [1.82, 2.24) is 15.3 Å². The Morgan fingerprint density at radius 2 is 2.00 bits per heavy atom. The van der Waals surface area contributed by atoms with Gasteiger partial charge in [-0.05, 0) is 31.5 Å². The van der Waals surface area contributed by atoms with Crippen LogP contribution in [0.15, 0.2) is 24.3 Å².